The molecule has 23 heavy (non-hydrogen) atoms. The van der Waals surface area contributed by atoms with Gasteiger partial charge < -0.3 is 10.5 Å². The van der Waals surface area contributed by atoms with E-state index in [4.69, 9.17) is 10.5 Å². The third-order valence-electron chi connectivity index (χ3n) is 5.04. The Morgan fingerprint density at radius 3 is 2.35 bits per heavy atom. The summed E-state index contributed by atoms with van der Waals surface area (Å²) in [7, 11) is 1.39. The minimum atomic E-state index is -0.372. The van der Waals surface area contributed by atoms with Gasteiger partial charge in [0.05, 0.1) is 12.7 Å². The topological polar surface area (TPSA) is 52.3 Å². The van der Waals surface area contributed by atoms with Gasteiger partial charge in [-0.05, 0) is 36.1 Å². The fourth-order valence-corrected chi connectivity index (χ4v) is 3.80. The quantitative estimate of drug-likeness (QED) is 0.679. The summed E-state index contributed by atoms with van der Waals surface area (Å²) in [5.74, 6) is -0.372. The number of benzene rings is 2. The second-order valence-electron chi connectivity index (χ2n) is 6.30. The third-order valence-corrected chi connectivity index (χ3v) is 5.04. The normalized spacial score (nSPS) is 16.7. The molecule has 0 spiro atoms. The molecule has 2 aromatic rings. The van der Waals surface area contributed by atoms with Gasteiger partial charge in [0.1, 0.15) is 0 Å². The van der Waals surface area contributed by atoms with Crippen LogP contribution in [-0.4, -0.2) is 13.1 Å². The van der Waals surface area contributed by atoms with Crippen molar-refractivity contribution in [2.45, 2.75) is 37.5 Å². The first-order chi connectivity index (χ1) is 11.2. The highest BCUT2D eigenvalue weighted by atomic mass is 16.5. The van der Waals surface area contributed by atoms with Gasteiger partial charge in [-0.3, -0.25) is 0 Å². The van der Waals surface area contributed by atoms with Crippen molar-refractivity contribution in [1.82, 2.24) is 0 Å². The number of ether oxygens (including phenoxy) is 1. The second-order valence-corrected chi connectivity index (χ2v) is 6.30. The molecule has 0 radical (unpaired) electrons. The van der Waals surface area contributed by atoms with E-state index in [1.165, 1.54) is 31.9 Å². The zero-order valence-corrected chi connectivity index (χ0v) is 13.5. The minimum Gasteiger partial charge on any atom is -0.465 e. The van der Waals surface area contributed by atoms with E-state index in [2.05, 4.69) is 30.3 Å². The minimum absolute atomic E-state index is 0.0318. The summed E-state index contributed by atoms with van der Waals surface area (Å²) in [6, 6.07) is 16.4. The lowest BCUT2D eigenvalue weighted by atomic mass is 9.65. The highest BCUT2D eigenvalue weighted by Gasteiger charge is 2.36. The SMILES string of the molecule is COC(=O)c1cc(C2(c3ccccc3)CCCCC2)ccc1N. The highest BCUT2D eigenvalue weighted by Crippen LogP contribution is 2.45. The molecule has 0 saturated heterocycles. The molecule has 0 heterocycles. The summed E-state index contributed by atoms with van der Waals surface area (Å²) in [5.41, 5.74) is 9.36. The van der Waals surface area contributed by atoms with E-state index in [-0.39, 0.29) is 11.4 Å². The first kappa shape index (κ1) is 15.6. The maximum atomic E-state index is 12.0. The second kappa shape index (κ2) is 6.45. The summed E-state index contributed by atoms with van der Waals surface area (Å²) in [6.45, 7) is 0. The maximum absolute atomic E-state index is 12.0. The van der Waals surface area contributed by atoms with Crippen LogP contribution >= 0.6 is 0 Å². The van der Waals surface area contributed by atoms with Crippen molar-refractivity contribution in [3.63, 3.8) is 0 Å². The Labute approximate surface area is 137 Å². The largest absolute Gasteiger partial charge is 0.465 e. The Morgan fingerprint density at radius 2 is 1.70 bits per heavy atom. The summed E-state index contributed by atoms with van der Waals surface area (Å²) >= 11 is 0. The van der Waals surface area contributed by atoms with Gasteiger partial charge >= 0.3 is 5.97 Å². The van der Waals surface area contributed by atoms with Gasteiger partial charge in [0.2, 0.25) is 0 Å². The van der Waals surface area contributed by atoms with E-state index in [0.29, 0.717) is 11.3 Å². The van der Waals surface area contributed by atoms with E-state index in [1.54, 1.807) is 0 Å². The lowest BCUT2D eigenvalue weighted by Gasteiger charge is -2.39. The zero-order chi connectivity index (χ0) is 16.3. The van der Waals surface area contributed by atoms with Crippen LogP contribution in [0.15, 0.2) is 48.5 Å². The Kier molecular flexibility index (Phi) is 4.37. The molecule has 3 heteroatoms. The van der Waals surface area contributed by atoms with Gasteiger partial charge in [-0.15, -0.1) is 0 Å². The first-order valence-electron chi connectivity index (χ1n) is 8.21. The Balaban J connectivity index is 2.13. The van der Waals surface area contributed by atoms with Gasteiger partial charge in [0.25, 0.3) is 0 Å². The van der Waals surface area contributed by atoms with Crippen LogP contribution in [0.3, 0.4) is 0 Å². The summed E-state index contributed by atoms with van der Waals surface area (Å²) in [6.07, 6.45) is 5.87. The van der Waals surface area contributed by atoms with Crippen LogP contribution in [0.5, 0.6) is 0 Å². The molecule has 3 nitrogen and oxygen atoms in total. The predicted molar refractivity (Wildman–Crippen MR) is 92.5 cm³/mol. The van der Waals surface area contributed by atoms with Crippen LogP contribution in [0.2, 0.25) is 0 Å². The van der Waals surface area contributed by atoms with Crippen molar-refractivity contribution in [3.05, 3.63) is 65.2 Å². The molecule has 2 aromatic carbocycles. The highest BCUT2D eigenvalue weighted by molar-refractivity contribution is 5.95. The number of carbonyl (C=O) groups excluding carboxylic acids is 1. The number of anilines is 1. The average molecular weight is 309 g/mol. The van der Waals surface area contributed by atoms with E-state index in [0.717, 1.165) is 18.4 Å². The molecule has 1 fully saturated rings. The number of carbonyl (C=O) groups is 1. The van der Waals surface area contributed by atoms with Crippen LogP contribution in [0, 0.1) is 0 Å². The fourth-order valence-electron chi connectivity index (χ4n) is 3.80. The molecular weight excluding hydrogens is 286 g/mol. The Hall–Kier alpha value is -2.29. The zero-order valence-electron chi connectivity index (χ0n) is 13.5. The molecule has 0 aliphatic heterocycles. The molecule has 1 aliphatic carbocycles. The van der Waals surface area contributed by atoms with Crippen LogP contribution in [-0.2, 0) is 10.2 Å². The summed E-state index contributed by atoms with van der Waals surface area (Å²) in [5, 5.41) is 0. The van der Waals surface area contributed by atoms with Gasteiger partial charge in [-0.25, -0.2) is 4.79 Å². The van der Waals surface area contributed by atoms with Crippen molar-refractivity contribution < 1.29 is 9.53 Å². The molecule has 0 amide bonds. The molecule has 2 N–H and O–H groups in total. The number of esters is 1. The van der Waals surface area contributed by atoms with Crippen molar-refractivity contribution in [2.75, 3.05) is 12.8 Å². The lowest BCUT2D eigenvalue weighted by molar-refractivity contribution is 0.0601. The fraction of sp³-hybridized carbons (Fsp3) is 0.350. The maximum Gasteiger partial charge on any atom is 0.339 e. The van der Waals surface area contributed by atoms with Crippen LogP contribution < -0.4 is 5.73 Å². The number of nitrogens with two attached hydrogens (primary N) is 1. The molecule has 0 unspecified atom stereocenters. The van der Waals surface area contributed by atoms with Crippen LogP contribution in [0.4, 0.5) is 5.69 Å². The smallest absolute Gasteiger partial charge is 0.339 e. The van der Waals surface area contributed by atoms with E-state index < -0.39 is 0 Å². The molecule has 1 saturated carbocycles. The number of hydrogen-bond acceptors (Lipinski definition) is 3. The molecule has 0 aromatic heterocycles. The molecule has 1 aliphatic rings. The molecule has 120 valence electrons. The van der Waals surface area contributed by atoms with E-state index >= 15 is 0 Å². The van der Waals surface area contributed by atoms with Gasteiger partial charge in [0, 0.05) is 11.1 Å². The Bertz CT molecular complexity index is 688. The van der Waals surface area contributed by atoms with Crippen LogP contribution in [0.1, 0.15) is 53.6 Å². The van der Waals surface area contributed by atoms with Gasteiger partial charge in [-0.1, -0.05) is 55.7 Å². The monoisotopic (exact) mass is 309 g/mol. The standard InChI is InChI=1S/C20H23NO2/c1-23-19(22)17-14-16(10-11-18(17)21)20(12-6-3-7-13-20)15-8-4-2-5-9-15/h2,4-5,8-11,14H,3,6-7,12-13,21H2,1H3. The Morgan fingerprint density at radius 1 is 1.00 bits per heavy atom. The number of hydrogen-bond donors (Lipinski definition) is 1. The van der Waals surface area contributed by atoms with E-state index in [1.807, 2.05) is 18.2 Å². The molecule has 0 atom stereocenters. The third kappa shape index (κ3) is 2.83. The first-order valence-corrected chi connectivity index (χ1v) is 8.21. The van der Waals surface area contributed by atoms with Crippen molar-refractivity contribution >= 4 is 11.7 Å². The molecule has 0 bridgehead atoms. The van der Waals surface area contributed by atoms with Gasteiger partial charge in [-0.2, -0.15) is 0 Å². The van der Waals surface area contributed by atoms with Crippen molar-refractivity contribution in [2.24, 2.45) is 0 Å². The van der Waals surface area contributed by atoms with Crippen molar-refractivity contribution in [1.29, 1.82) is 0 Å². The summed E-state index contributed by atoms with van der Waals surface area (Å²) in [4.78, 5) is 12.0. The molecule has 3 rings (SSSR count). The number of nitrogen functional groups attached to an aromatic ring is 1. The number of methoxy groups -OCH3 is 1. The number of rotatable bonds is 3. The predicted octanol–water partition coefficient (Wildman–Crippen LogP) is 4.31. The van der Waals surface area contributed by atoms with Gasteiger partial charge in [0.15, 0.2) is 0 Å². The van der Waals surface area contributed by atoms with Crippen LogP contribution in [0.25, 0.3) is 0 Å². The van der Waals surface area contributed by atoms with E-state index in [9.17, 15) is 4.79 Å². The summed E-state index contributed by atoms with van der Waals surface area (Å²) < 4.78 is 4.88. The lowest BCUT2D eigenvalue weighted by Crippen LogP contribution is -2.30. The van der Waals surface area contributed by atoms with Crippen molar-refractivity contribution in [3.8, 4) is 0 Å². The average Bonchev–Trinajstić information content (AvgIpc) is 2.62. The molecular formula is C20H23NO2.